The first-order valence-electron chi connectivity index (χ1n) is 9.46. The van der Waals surface area contributed by atoms with Crippen molar-refractivity contribution in [2.45, 2.75) is 20.4 Å². The van der Waals surface area contributed by atoms with E-state index in [1.165, 1.54) is 6.92 Å². The smallest absolute Gasteiger partial charge is 0.257 e. The molecule has 3 aromatic rings. The molecule has 0 aliphatic rings. The third-order valence-corrected chi connectivity index (χ3v) is 4.11. The lowest BCUT2D eigenvalue weighted by Crippen LogP contribution is -2.36. The molecule has 7 nitrogen and oxygen atoms in total. The lowest BCUT2D eigenvalue weighted by atomic mass is 10.2. The molecule has 152 valence electrons. The van der Waals surface area contributed by atoms with Gasteiger partial charge < -0.3 is 10.6 Å². The zero-order valence-electron chi connectivity index (χ0n) is 16.8. The van der Waals surface area contributed by atoms with E-state index in [1.807, 2.05) is 49.4 Å². The van der Waals surface area contributed by atoms with Crippen LogP contribution in [0.3, 0.4) is 0 Å². The molecule has 0 spiro atoms. The fourth-order valence-corrected chi connectivity index (χ4v) is 2.71. The van der Waals surface area contributed by atoms with E-state index in [2.05, 4.69) is 25.9 Å². The molecule has 0 unspecified atom stereocenters. The van der Waals surface area contributed by atoms with Crippen molar-refractivity contribution in [3.8, 4) is 0 Å². The third-order valence-electron chi connectivity index (χ3n) is 4.11. The number of carbonyl (C=O) groups excluding carboxylic acids is 2. The lowest BCUT2D eigenvalue weighted by molar-refractivity contribution is -0.114. The van der Waals surface area contributed by atoms with Crippen molar-refractivity contribution in [1.29, 1.82) is 0 Å². The number of anilines is 2. The summed E-state index contributed by atoms with van der Waals surface area (Å²) in [5, 5.41) is 8.65. The SMILES string of the molecule is CC(=O)Nc1ccc(C(=O)NC(=NCc2ccccn2)Nc2cccc(C)c2)cc1. The number of aliphatic imine (C=N–C) groups is 1. The number of aryl methyl sites for hydroxylation is 1. The van der Waals surface area contributed by atoms with Gasteiger partial charge in [0.1, 0.15) is 0 Å². The van der Waals surface area contributed by atoms with Gasteiger partial charge in [0.15, 0.2) is 0 Å². The molecule has 7 heteroatoms. The quantitative estimate of drug-likeness (QED) is 0.448. The van der Waals surface area contributed by atoms with Gasteiger partial charge in [-0.15, -0.1) is 0 Å². The van der Waals surface area contributed by atoms with Gasteiger partial charge in [0, 0.05) is 30.1 Å². The molecule has 1 aromatic heterocycles. The van der Waals surface area contributed by atoms with Crippen LogP contribution < -0.4 is 16.0 Å². The Bertz CT molecular complexity index is 1050. The van der Waals surface area contributed by atoms with Crippen LogP contribution in [0.5, 0.6) is 0 Å². The highest BCUT2D eigenvalue weighted by Crippen LogP contribution is 2.11. The number of carbonyl (C=O) groups is 2. The molecule has 0 aliphatic heterocycles. The Hall–Kier alpha value is -4.00. The van der Waals surface area contributed by atoms with E-state index < -0.39 is 0 Å². The standard InChI is InChI=1S/C23H23N5O2/c1-16-6-5-8-20(14-16)27-23(25-15-21-7-3-4-13-24-21)28-22(30)18-9-11-19(12-10-18)26-17(2)29/h3-14H,15H2,1-2H3,(H,26,29)(H2,25,27,28,30). The van der Waals surface area contributed by atoms with Gasteiger partial charge >= 0.3 is 0 Å². The summed E-state index contributed by atoms with van der Waals surface area (Å²) >= 11 is 0. The first-order valence-corrected chi connectivity index (χ1v) is 9.46. The van der Waals surface area contributed by atoms with Crippen molar-refractivity contribution in [2.75, 3.05) is 10.6 Å². The van der Waals surface area contributed by atoms with Gasteiger partial charge in [-0.3, -0.25) is 19.9 Å². The summed E-state index contributed by atoms with van der Waals surface area (Å²) in [6.07, 6.45) is 1.70. The Balaban J connectivity index is 1.76. The van der Waals surface area contributed by atoms with E-state index >= 15 is 0 Å². The van der Waals surface area contributed by atoms with Crippen molar-refractivity contribution in [2.24, 2.45) is 4.99 Å². The molecular formula is C23H23N5O2. The van der Waals surface area contributed by atoms with Crippen LogP contribution in [-0.2, 0) is 11.3 Å². The van der Waals surface area contributed by atoms with Gasteiger partial charge in [-0.1, -0.05) is 18.2 Å². The Morgan fingerprint density at radius 1 is 0.933 bits per heavy atom. The molecule has 0 atom stereocenters. The highest BCUT2D eigenvalue weighted by molar-refractivity contribution is 6.10. The van der Waals surface area contributed by atoms with Gasteiger partial charge in [-0.05, 0) is 61.0 Å². The third kappa shape index (κ3) is 6.27. The fourth-order valence-electron chi connectivity index (χ4n) is 2.71. The number of guanidine groups is 1. The number of hydrogen-bond donors (Lipinski definition) is 3. The molecular weight excluding hydrogens is 378 g/mol. The summed E-state index contributed by atoms with van der Waals surface area (Å²) in [7, 11) is 0. The predicted octanol–water partition coefficient (Wildman–Crippen LogP) is 3.75. The molecule has 30 heavy (non-hydrogen) atoms. The topological polar surface area (TPSA) is 95.5 Å². The van der Waals surface area contributed by atoms with Crippen LogP contribution >= 0.6 is 0 Å². The van der Waals surface area contributed by atoms with Gasteiger partial charge in [0.25, 0.3) is 5.91 Å². The van der Waals surface area contributed by atoms with E-state index in [-0.39, 0.29) is 11.8 Å². The highest BCUT2D eigenvalue weighted by atomic mass is 16.2. The average Bonchev–Trinajstić information content (AvgIpc) is 2.73. The fraction of sp³-hybridized carbons (Fsp3) is 0.130. The average molecular weight is 401 g/mol. The van der Waals surface area contributed by atoms with Crippen LogP contribution in [0.15, 0.2) is 77.9 Å². The van der Waals surface area contributed by atoms with E-state index in [0.29, 0.717) is 23.8 Å². The second kappa shape index (κ2) is 9.97. The maximum Gasteiger partial charge on any atom is 0.257 e. The molecule has 0 fully saturated rings. The summed E-state index contributed by atoms with van der Waals surface area (Å²) in [4.78, 5) is 32.6. The van der Waals surface area contributed by atoms with Crippen LogP contribution in [0.25, 0.3) is 0 Å². The Morgan fingerprint density at radius 2 is 1.73 bits per heavy atom. The zero-order valence-corrected chi connectivity index (χ0v) is 16.8. The molecule has 3 rings (SSSR count). The molecule has 2 aromatic carbocycles. The molecule has 0 bridgehead atoms. The number of aromatic nitrogens is 1. The minimum atomic E-state index is -0.315. The molecule has 1 heterocycles. The Labute approximate surface area is 175 Å². The van der Waals surface area contributed by atoms with Gasteiger partial charge in [-0.25, -0.2) is 4.99 Å². The maximum absolute atomic E-state index is 12.7. The number of benzene rings is 2. The number of hydrogen-bond acceptors (Lipinski definition) is 4. The van der Waals surface area contributed by atoms with E-state index in [1.54, 1.807) is 30.5 Å². The summed E-state index contributed by atoms with van der Waals surface area (Å²) in [6.45, 7) is 3.74. The number of amides is 2. The summed E-state index contributed by atoms with van der Waals surface area (Å²) in [6, 6.07) is 20.0. The van der Waals surface area contributed by atoms with Crippen LogP contribution in [-0.4, -0.2) is 22.8 Å². The minimum absolute atomic E-state index is 0.168. The normalized spacial score (nSPS) is 10.9. The van der Waals surface area contributed by atoms with E-state index in [4.69, 9.17) is 0 Å². The Kier molecular flexibility index (Phi) is 6.89. The lowest BCUT2D eigenvalue weighted by Gasteiger charge is -2.13. The largest absolute Gasteiger partial charge is 0.326 e. The van der Waals surface area contributed by atoms with Crippen molar-refractivity contribution >= 4 is 29.1 Å². The number of rotatable bonds is 5. The van der Waals surface area contributed by atoms with Gasteiger partial charge in [0.05, 0.1) is 12.2 Å². The second-order valence-electron chi connectivity index (χ2n) is 6.69. The van der Waals surface area contributed by atoms with E-state index in [0.717, 1.165) is 16.9 Å². The molecule has 2 amide bonds. The van der Waals surface area contributed by atoms with Gasteiger partial charge in [0.2, 0.25) is 11.9 Å². The molecule has 3 N–H and O–H groups in total. The molecule has 0 saturated carbocycles. The minimum Gasteiger partial charge on any atom is -0.326 e. The van der Waals surface area contributed by atoms with Crippen molar-refractivity contribution in [1.82, 2.24) is 10.3 Å². The first kappa shape index (κ1) is 20.7. The van der Waals surface area contributed by atoms with E-state index in [9.17, 15) is 9.59 Å². The highest BCUT2D eigenvalue weighted by Gasteiger charge is 2.10. The van der Waals surface area contributed by atoms with Crippen molar-refractivity contribution in [3.63, 3.8) is 0 Å². The van der Waals surface area contributed by atoms with Crippen LogP contribution in [0.2, 0.25) is 0 Å². The van der Waals surface area contributed by atoms with Crippen LogP contribution in [0, 0.1) is 6.92 Å². The molecule has 0 radical (unpaired) electrons. The van der Waals surface area contributed by atoms with Crippen molar-refractivity contribution in [3.05, 3.63) is 89.7 Å². The summed E-state index contributed by atoms with van der Waals surface area (Å²) < 4.78 is 0. The van der Waals surface area contributed by atoms with Gasteiger partial charge in [-0.2, -0.15) is 0 Å². The number of pyridine rings is 1. The summed E-state index contributed by atoms with van der Waals surface area (Å²) in [5.41, 5.74) is 3.76. The monoisotopic (exact) mass is 401 g/mol. The summed E-state index contributed by atoms with van der Waals surface area (Å²) in [5.74, 6) is -0.162. The number of nitrogens with zero attached hydrogens (tertiary/aromatic N) is 2. The Morgan fingerprint density at radius 3 is 2.40 bits per heavy atom. The van der Waals surface area contributed by atoms with Crippen LogP contribution in [0.4, 0.5) is 11.4 Å². The van der Waals surface area contributed by atoms with Crippen molar-refractivity contribution < 1.29 is 9.59 Å². The second-order valence-corrected chi connectivity index (χ2v) is 6.69. The van der Waals surface area contributed by atoms with Crippen LogP contribution in [0.1, 0.15) is 28.5 Å². The predicted molar refractivity (Wildman–Crippen MR) is 118 cm³/mol. The maximum atomic E-state index is 12.7. The molecule has 0 aliphatic carbocycles. The first-order chi connectivity index (χ1) is 14.5. The zero-order chi connectivity index (χ0) is 21.3. The number of nitrogens with one attached hydrogen (secondary N) is 3. The molecule has 0 saturated heterocycles.